The van der Waals surface area contributed by atoms with E-state index in [2.05, 4.69) is 6.92 Å². The zero-order valence-corrected chi connectivity index (χ0v) is 18.8. The third-order valence-electron chi connectivity index (χ3n) is 6.01. The number of Topliss-reactive ketones (excluding diaryl/α,β-unsaturated/α-hetero) is 1. The largest absolute Gasteiger partial charge is 0.461 e. The topological polar surface area (TPSA) is 68.6 Å². The van der Waals surface area contributed by atoms with E-state index in [1.54, 1.807) is 30.4 Å². The molecule has 0 aliphatic heterocycles. The van der Waals surface area contributed by atoms with E-state index >= 15 is 0 Å². The minimum Gasteiger partial charge on any atom is -0.461 e. The maximum absolute atomic E-state index is 13.2. The second-order valence-electron chi connectivity index (χ2n) is 8.08. The summed E-state index contributed by atoms with van der Waals surface area (Å²) in [5, 5.41) is 0. The van der Waals surface area contributed by atoms with Crippen LogP contribution in [0.4, 0.5) is 0 Å². The minimum absolute atomic E-state index is 0.0172. The summed E-state index contributed by atoms with van der Waals surface area (Å²) < 4.78 is 6.88. The number of ketones is 1. The number of aromatic nitrogens is 1. The molecule has 162 valence electrons. The van der Waals surface area contributed by atoms with Gasteiger partial charge in [-0.25, -0.2) is 4.79 Å². The van der Waals surface area contributed by atoms with E-state index in [0.29, 0.717) is 16.8 Å². The van der Waals surface area contributed by atoms with Crippen molar-refractivity contribution in [3.05, 3.63) is 22.5 Å². The Morgan fingerprint density at radius 3 is 2.34 bits per heavy atom. The molecule has 0 spiro atoms. The molecule has 6 heteroatoms. The fourth-order valence-corrected chi connectivity index (χ4v) is 4.07. The number of carbonyl (C=O) groups excluding carboxylic acids is 3. The van der Waals surface area contributed by atoms with Gasteiger partial charge >= 0.3 is 5.97 Å². The van der Waals surface area contributed by atoms with Crippen LogP contribution in [0.3, 0.4) is 0 Å². The molecule has 1 aliphatic carbocycles. The second-order valence-corrected chi connectivity index (χ2v) is 8.08. The van der Waals surface area contributed by atoms with Crippen LogP contribution < -0.4 is 0 Å². The molecule has 1 fully saturated rings. The zero-order valence-electron chi connectivity index (χ0n) is 18.8. The number of ether oxygens (including phenoxy) is 1. The molecule has 1 saturated carbocycles. The summed E-state index contributed by atoms with van der Waals surface area (Å²) in [5.74, 6) is -0.433. The summed E-state index contributed by atoms with van der Waals surface area (Å²) in [6.07, 6.45) is 5.68. The molecule has 0 aromatic carbocycles. The van der Waals surface area contributed by atoms with Gasteiger partial charge in [-0.15, -0.1) is 0 Å². The first kappa shape index (κ1) is 23.2. The lowest BCUT2D eigenvalue weighted by molar-refractivity contribution is -0.136. The van der Waals surface area contributed by atoms with Crippen LogP contribution in [0.5, 0.6) is 0 Å². The first-order chi connectivity index (χ1) is 13.8. The Hall–Kier alpha value is -2.11. The standard InChI is InChI=1S/C23H36N2O4/c1-7-10-11-17(8-2)22(27)25(18-12-13-18)14-19(26)20-15(4)21(23(28)29-9-3)24(6)16(20)5/h17-18H,7-14H2,1-6H3/t17-/m0/s1. The summed E-state index contributed by atoms with van der Waals surface area (Å²) in [7, 11) is 1.77. The predicted molar refractivity (Wildman–Crippen MR) is 113 cm³/mol. The van der Waals surface area contributed by atoms with Gasteiger partial charge in [-0.05, 0) is 52.0 Å². The molecule has 6 nitrogen and oxygen atoms in total. The Morgan fingerprint density at radius 2 is 1.83 bits per heavy atom. The lowest BCUT2D eigenvalue weighted by Crippen LogP contribution is -2.41. The van der Waals surface area contributed by atoms with Gasteiger partial charge in [0, 0.05) is 30.3 Å². The van der Waals surface area contributed by atoms with Crippen LogP contribution in [0.15, 0.2) is 0 Å². The lowest BCUT2D eigenvalue weighted by atomic mass is 9.97. The Bertz CT molecular complexity index is 761. The highest BCUT2D eigenvalue weighted by Gasteiger charge is 2.37. The number of hydrogen-bond acceptors (Lipinski definition) is 4. The first-order valence-corrected chi connectivity index (χ1v) is 10.9. The van der Waals surface area contributed by atoms with Crippen molar-refractivity contribution >= 4 is 17.7 Å². The average molecular weight is 405 g/mol. The smallest absolute Gasteiger partial charge is 0.355 e. The molecule has 1 aromatic heterocycles. The quantitative estimate of drug-likeness (QED) is 0.409. The summed E-state index contributed by atoms with van der Waals surface area (Å²) >= 11 is 0. The molecule has 1 amide bonds. The first-order valence-electron chi connectivity index (χ1n) is 10.9. The van der Waals surface area contributed by atoms with Gasteiger partial charge in [0.2, 0.25) is 5.91 Å². The van der Waals surface area contributed by atoms with Gasteiger partial charge in [0.1, 0.15) is 5.69 Å². The van der Waals surface area contributed by atoms with E-state index in [4.69, 9.17) is 4.74 Å². The van der Waals surface area contributed by atoms with Crippen molar-refractivity contribution < 1.29 is 19.1 Å². The molecule has 0 N–H and O–H groups in total. The van der Waals surface area contributed by atoms with Crippen molar-refractivity contribution in [3.63, 3.8) is 0 Å². The van der Waals surface area contributed by atoms with Crippen molar-refractivity contribution in [1.82, 2.24) is 9.47 Å². The molecule has 1 heterocycles. The number of carbonyl (C=O) groups is 3. The van der Waals surface area contributed by atoms with Crippen LogP contribution in [-0.4, -0.2) is 46.3 Å². The van der Waals surface area contributed by atoms with Crippen LogP contribution in [0, 0.1) is 19.8 Å². The third-order valence-corrected chi connectivity index (χ3v) is 6.01. The number of esters is 1. The molecule has 29 heavy (non-hydrogen) atoms. The zero-order chi connectivity index (χ0) is 21.7. The fraction of sp³-hybridized carbons (Fsp3) is 0.696. The van der Waals surface area contributed by atoms with Crippen molar-refractivity contribution in [2.45, 2.75) is 79.2 Å². The van der Waals surface area contributed by atoms with Gasteiger partial charge in [-0.3, -0.25) is 9.59 Å². The summed E-state index contributed by atoms with van der Waals surface area (Å²) in [6, 6.07) is 0.177. The molecule has 0 bridgehead atoms. The lowest BCUT2D eigenvalue weighted by Gasteiger charge is -2.26. The van der Waals surface area contributed by atoms with E-state index in [1.165, 1.54) is 0 Å². The van der Waals surface area contributed by atoms with E-state index in [-0.39, 0.29) is 36.8 Å². The number of unbranched alkanes of at least 4 members (excludes halogenated alkanes) is 1. The molecule has 0 saturated heterocycles. The van der Waals surface area contributed by atoms with Gasteiger partial charge in [0.15, 0.2) is 5.78 Å². The van der Waals surface area contributed by atoms with Gasteiger partial charge in [-0.2, -0.15) is 0 Å². The van der Waals surface area contributed by atoms with Crippen LogP contribution in [0.2, 0.25) is 0 Å². The molecular formula is C23H36N2O4. The molecule has 2 rings (SSSR count). The van der Waals surface area contributed by atoms with Crippen molar-refractivity contribution in [2.24, 2.45) is 13.0 Å². The van der Waals surface area contributed by atoms with Crippen LogP contribution in [-0.2, 0) is 16.6 Å². The SMILES string of the molecule is CCCC[C@H](CC)C(=O)N(CC(=O)c1c(C)c(C(=O)OCC)n(C)c1C)C1CC1. The normalized spacial score (nSPS) is 14.6. The molecule has 0 unspecified atom stereocenters. The minimum atomic E-state index is -0.421. The fourth-order valence-electron chi connectivity index (χ4n) is 4.07. The molecule has 0 radical (unpaired) electrons. The third kappa shape index (κ3) is 5.09. The van der Waals surface area contributed by atoms with Gasteiger partial charge in [0.25, 0.3) is 0 Å². The van der Waals surface area contributed by atoms with Crippen LogP contribution in [0.1, 0.15) is 91.4 Å². The van der Waals surface area contributed by atoms with E-state index < -0.39 is 5.97 Å². The maximum atomic E-state index is 13.2. The highest BCUT2D eigenvalue weighted by molar-refractivity contribution is 6.04. The van der Waals surface area contributed by atoms with Crippen LogP contribution >= 0.6 is 0 Å². The number of hydrogen-bond donors (Lipinski definition) is 0. The number of amides is 1. The Balaban J connectivity index is 2.26. The Labute approximate surface area is 174 Å². The van der Waals surface area contributed by atoms with Crippen molar-refractivity contribution in [2.75, 3.05) is 13.2 Å². The highest BCUT2D eigenvalue weighted by Crippen LogP contribution is 2.31. The average Bonchev–Trinajstić information content (AvgIpc) is 3.48. The molecule has 1 aromatic rings. The predicted octanol–water partition coefficient (Wildman–Crippen LogP) is 4.21. The molecular weight excluding hydrogens is 368 g/mol. The van der Waals surface area contributed by atoms with Crippen LogP contribution in [0.25, 0.3) is 0 Å². The Morgan fingerprint density at radius 1 is 1.17 bits per heavy atom. The summed E-state index contributed by atoms with van der Waals surface area (Å²) in [4.78, 5) is 40.5. The Kier molecular flexibility index (Phi) is 8.05. The maximum Gasteiger partial charge on any atom is 0.355 e. The summed E-state index contributed by atoms with van der Waals surface area (Å²) in [6.45, 7) is 9.92. The molecule has 1 atom stereocenters. The van der Waals surface area contributed by atoms with Gasteiger partial charge in [0.05, 0.1) is 13.2 Å². The van der Waals surface area contributed by atoms with Gasteiger partial charge < -0.3 is 14.2 Å². The van der Waals surface area contributed by atoms with Crippen molar-refractivity contribution in [3.8, 4) is 0 Å². The number of rotatable bonds is 11. The monoisotopic (exact) mass is 404 g/mol. The molecule has 1 aliphatic rings. The van der Waals surface area contributed by atoms with E-state index in [1.807, 2.05) is 13.8 Å². The van der Waals surface area contributed by atoms with Gasteiger partial charge in [-0.1, -0.05) is 26.7 Å². The second kappa shape index (κ2) is 10.1. The number of nitrogens with zero attached hydrogens (tertiary/aromatic N) is 2. The van der Waals surface area contributed by atoms with E-state index in [0.717, 1.165) is 44.2 Å². The van der Waals surface area contributed by atoms with E-state index in [9.17, 15) is 14.4 Å². The highest BCUT2D eigenvalue weighted by atomic mass is 16.5. The van der Waals surface area contributed by atoms with Crippen molar-refractivity contribution in [1.29, 1.82) is 0 Å². The summed E-state index contributed by atoms with van der Waals surface area (Å²) in [5.41, 5.74) is 2.31.